The van der Waals surface area contributed by atoms with Crippen LogP contribution < -0.4 is 4.90 Å². The van der Waals surface area contributed by atoms with E-state index in [1.807, 2.05) is 0 Å². The molecule has 14 aromatic rings. The number of anilines is 3. The van der Waals surface area contributed by atoms with Gasteiger partial charge in [0.05, 0.1) is 27.8 Å². The Morgan fingerprint density at radius 3 is 1.64 bits per heavy atom. The Bertz CT molecular complexity index is 4590. The van der Waals surface area contributed by atoms with Crippen LogP contribution in [0.4, 0.5) is 17.1 Å². The summed E-state index contributed by atoms with van der Waals surface area (Å²) in [6, 6.07) is 100.0. The molecular weight excluding hydrogens is 881 g/mol. The molecule has 2 aliphatic rings. The molecule has 2 aliphatic carbocycles. The molecule has 1 aromatic heterocycles. The predicted octanol–water partition coefficient (Wildman–Crippen LogP) is 18.9. The summed E-state index contributed by atoms with van der Waals surface area (Å²) in [7, 11) is 0. The highest BCUT2D eigenvalue weighted by Crippen LogP contribution is 2.65. The van der Waals surface area contributed by atoms with E-state index in [0.29, 0.717) is 0 Å². The molecule has 73 heavy (non-hydrogen) atoms. The standard InChI is InChI=1S/C71H44N2/c1-2-18-45(19-3-1)58-42-48-21-5-7-23-52(48)53-41-40-50(44-60(53)58)73(66-33-16-31-64-69(66)56-26-10-14-30-63(56)71(64)61-28-12-8-24-54(61)55-25-9-13-29-62(55)71)68-35-17-34-67-70(68)57-27-11-15-32-65(57)72(67)49-39-38-47-37-36-46-20-4-6-22-51(46)59(47)43-49/h1-44H. The van der Waals surface area contributed by atoms with Gasteiger partial charge in [-0.15, -0.1) is 0 Å². The van der Waals surface area contributed by atoms with Crippen LogP contribution in [0.1, 0.15) is 22.3 Å². The van der Waals surface area contributed by atoms with Crippen molar-refractivity contribution < 1.29 is 0 Å². The molecule has 0 atom stereocenters. The van der Waals surface area contributed by atoms with Gasteiger partial charge in [-0.1, -0.05) is 212 Å². The van der Waals surface area contributed by atoms with Crippen molar-refractivity contribution in [3.05, 3.63) is 289 Å². The van der Waals surface area contributed by atoms with Gasteiger partial charge in [-0.05, 0) is 148 Å². The highest BCUT2D eigenvalue weighted by Gasteiger charge is 2.52. The van der Waals surface area contributed by atoms with Gasteiger partial charge in [0.25, 0.3) is 0 Å². The summed E-state index contributed by atoms with van der Waals surface area (Å²) < 4.78 is 2.49. The van der Waals surface area contributed by atoms with Crippen LogP contribution >= 0.6 is 0 Å². The second-order valence-electron chi connectivity index (χ2n) is 19.9. The summed E-state index contributed by atoms with van der Waals surface area (Å²) in [6.45, 7) is 0. The Balaban J connectivity index is 1.03. The Morgan fingerprint density at radius 2 is 0.863 bits per heavy atom. The molecule has 1 spiro atoms. The number of aromatic nitrogens is 1. The largest absolute Gasteiger partial charge is 0.309 e. The summed E-state index contributed by atoms with van der Waals surface area (Å²) in [5.41, 5.74) is 19.2. The van der Waals surface area contributed by atoms with Crippen LogP contribution in [0.15, 0.2) is 267 Å². The quantitative estimate of drug-likeness (QED) is 0.156. The SMILES string of the molecule is c1ccc(-c2cc3ccccc3c3ccc(N(c4cccc5c4-c4ccccc4C54c5ccccc5-c5ccccc54)c4cccc5c4c4ccccc4n5-c4ccc5ccc6ccccc6c5c4)cc23)cc1. The van der Waals surface area contributed by atoms with Crippen molar-refractivity contribution in [1.29, 1.82) is 0 Å². The molecule has 338 valence electrons. The van der Waals surface area contributed by atoms with Crippen molar-refractivity contribution in [2.75, 3.05) is 4.90 Å². The molecule has 16 rings (SSSR count). The van der Waals surface area contributed by atoms with Gasteiger partial charge in [-0.3, -0.25) is 0 Å². The lowest BCUT2D eigenvalue weighted by Crippen LogP contribution is -2.26. The van der Waals surface area contributed by atoms with Gasteiger partial charge >= 0.3 is 0 Å². The van der Waals surface area contributed by atoms with Gasteiger partial charge in [0, 0.05) is 27.7 Å². The molecule has 1 heterocycles. The normalized spacial score (nSPS) is 13.0. The second kappa shape index (κ2) is 15.3. The molecule has 0 radical (unpaired) electrons. The molecule has 0 unspecified atom stereocenters. The Kier molecular flexibility index (Phi) is 8.41. The van der Waals surface area contributed by atoms with Crippen molar-refractivity contribution in [1.82, 2.24) is 4.57 Å². The lowest BCUT2D eigenvalue weighted by molar-refractivity contribution is 0.794. The fraction of sp³-hybridized carbons (Fsp3) is 0.0141. The maximum absolute atomic E-state index is 2.60. The van der Waals surface area contributed by atoms with E-state index in [1.165, 1.54) is 115 Å². The molecule has 0 fully saturated rings. The average molecular weight is 925 g/mol. The molecule has 0 saturated heterocycles. The Labute approximate surface area is 422 Å². The zero-order valence-electron chi connectivity index (χ0n) is 39.8. The van der Waals surface area contributed by atoms with Crippen LogP contribution in [0.5, 0.6) is 0 Å². The molecule has 13 aromatic carbocycles. The average Bonchev–Trinajstić information content (AvgIpc) is 4.09. The fourth-order valence-corrected chi connectivity index (χ4v) is 13.4. The Morgan fingerprint density at radius 1 is 0.301 bits per heavy atom. The third-order valence-electron chi connectivity index (χ3n) is 16.3. The van der Waals surface area contributed by atoms with Crippen molar-refractivity contribution in [3.8, 4) is 39.1 Å². The van der Waals surface area contributed by atoms with E-state index in [1.54, 1.807) is 0 Å². The first-order valence-corrected chi connectivity index (χ1v) is 25.4. The van der Waals surface area contributed by atoms with Gasteiger partial charge in [0.15, 0.2) is 0 Å². The van der Waals surface area contributed by atoms with Gasteiger partial charge in [-0.25, -0.2) is 0 Å². The number of nitrogens with zero attached hydrogens (tertiary/aromatic N) is 2. The summed E-state index contributed by atoms with van der Waals surface area (Å²) in [5, 5.41) is 12.3. The number of hydrogen-bond donors (Lipinski definition) is 0. The van der Waals surface area contributed by atoms with Crippen LogP contribution in [0, 0.1) is 0 Å². The molecule has 0 N–H and O–H groups in total. The van der Waals surface area contributed by atoms with Crippen LogP contribution in [0.3, 0.4) is 0 Å². The smallest absolute Gasteiger partial charge is 0.0726 e. The number of benzene rings is 13. The van der Waals surface area contributed by atoms with E-state index in [2.05, 4.69) is 276 Å². The Hall–Kier alpha value is -9.50. The minimum atomic E-state index is -0.494. The van der Waals surface area contributed by atoms with E-state index >= 15 is 0 Å². The van der Waals surface area contributed by atoms with Crippen molar-refractivity contribution in [2.45, 2.75) is 5.41 Å². The van der Waals surface area contributed by atoms with Gasteiger partial charge in [0.1, 0.15) is 0 Å². The van der Waals surface area contributed by atoms with Gasteiger partial charge in [-0.2, -0.15) is 0 Å². The van der Waals surface area contributed by atoms with Crippen molar-refractivity contribution in [2.24, 2.45) is 0 Å². The highest BCUT2D eigenvalue weighted by atomic mass is 15.2. The van der Waals surface area contributed by atoms with Crippen LogP contribution in [0.25, 0.3) is 104 Å². The molecular formula is C71H44N2. The van der Waals surface area contributed by atoms with E-state index < -0.39 is 5.41 Å². The van der Waals surface area contributed by atoms with Crippen molar-refractivity contribution in [3.63, 3.8) is 0 Å². The zero-order chi connectivity index (χ0) is 47.8. The van der Waals surface area contributed by atoms with E-state index in [-0.39, 0.29) is 0 Å². The fourth-order valence-electron chi connectivity index (χ4n) is 13.4. The number of para-hydroxylation sites is 1. The summed E-state index contributed by atoms with van der Waals surface area (Å²) in [6.07, 6.45) is 0. The lowest BCUT2D eigenvalue weighted by Gasteiger charge is -2.32. The first-order chi connectivity index (χ1) is 36.2. The summed E-state index contributed by atoms with van der Waals surface area (Å²) >= 11 is 0. The predicted molar refractivity (Wildman–Crippen MR) is 307 cm³/mol. The molecule has 0 aliphatic heterocycles. The first kappa shape index (κ1) is 40.3. The summed E-state index contributed by atoms with van der Waals surface area (Å²) in [4.78, 5) is 2.60. The molecule has 2 nitrogen and oxygen atoms in total. The van der Waals surface area contributed by atoms with E-state index in [9.17, 15) is 0 Å². The monoisotopic (exact) mass is 924 g/mol. The maximum atomic E-state index is 2.60. The summed E-state index contributed by atoms with van der Waals surface area (Å²) in [5.74, 6) is 0. The van der Waals surface area contributed by atoms with Crippen LogP contribution in [0.2, 0.25) is 0 Å². The topological polar surface area (TPSA) is 8.17 Å². The third kappa shape index (κ3) is 5.52. The number of rotatable bonds is 5. The minimum Gasteiger partial charge on any atom is -0.309 e. The number of hydrogen-bond acceptors (Lipinski definition) is 1. The maximum Gasteiger partial charge on any atom is 0.0726 e. The molecule has 0 saturated carbocycles. The second-order valence-corrected chi connectivity index (χ2v) is 19.9. The van der Waals surface area contributed by atoms with E-state index in [0.717, 1.165) is 28.3 Å². The highest BCUT2D eigenvalue weighted by molar-refractivity contribution is 6.19. The third-order valence-corrected chi connectivity index (χ3v) is 16.3. The van der Waals surface area contributed by atoms with Gasteiger partial charge in [0.2, 0.25) is 0 Å². The van der Waals surface area contributed by atoms with Crippen LogP contribution in [-0.2, 0) is 5.41 Å². The molecule has 0 bridgehead atoms. The minimum absolute atomic E-state index is 0.494. The van der Waals surface area contributed by atoms with E-state index in [4.69, 9.17) is 0 Å². The zero-order valence-corrected chi connectivity index (χ0v) is 39.8. The van der Waals surface area contributed by atoms with Crippen molar-refractivity contribution >= 4 is 82.0 Å². The number of fused-ring (bicyclic) bond motifs is 19. The molecule has 2 heteroatoms. The molecule has 0 amide bonds. The van der Waals surface area contributed by atoms with Crippen LogP contribution in [-0.4, -0.2) is 4.57 Å². The van der Waals surface area contributed by atoms with Gasteiger partial charge < -0.3 is 9.47 Å². The lowest BCUT2D eigenvalue weighted by atomic mass is 9.70. The first-order valence-electron chi connectivity index (χ1n) is 25.4.